The summed E-state index contributed by atoms with van der Waals surface area (Å²) in [6.07, 6.45) is 0.901. The molecule has 9 heteroatoms. The average Bonchev–Trinajstić information content (AvgIpc) is 3.15. The average molecular weight is 434 g/mol. The summed E-state index contributed by atoms with van der Waals surface area (Å²) in [4.78, 5) is 17.1. The topological polar surface area (TPSA) is 79.4 Å². The molecule has 0 atom stereocenters. The number of thiazole rings is 1. The molecule has 0 saturated carbocycles. The molecule has 0 bridgehead atoms. The number of carbonyl (C=O) groups is 1. The Morgan fingerprint density at radius 1 is 1.14 bits per heavy atom. The Kier molecular flexibility index (Phi) is 5.62. The summed E-state index contributed by atoms with van der Waals surface area (Å²) in [6.45, 7) is 0.893. The van der Waals surface area contributed by atoms with Crippen molar-refractivity contribution >= 4 is 37.5 Å². The Bertz CT molecular complexity index is 1090. The number of benzene rings is 2. The highest BCUT2D eigenvalue weighted by atomic mass is 32.2. The summed E-state index contributed by atoms with van der Waals surface area (Å²) >= 11 is 1.55. The predicted octanol–water partition coefficient (Wildman–Crippen LogP) is 3.15. The van der Waals surface area contributed by atoms with Gasteiger partial charge in [-0.3, -0.25) is 4.79 Å². The van der Waals surface area contributed by atoms with Crippen molar-refractivity contribution in [2.75, 3.05) is 13.1 Å². The molecule has 29 heavy (non-hydrogen) atoms. The summed E-state index contributed by atoms with van der Waals surface area (Å²) in [6, 6.07) is 12.6. The van der Waals surface area contributed by atoms with Gasteiger partial charge in [0.1, 0.15) is 10.8 Å². The van der Waals surface area contributed by atoms with E-state index in [2.05, 4.69) is 10.3 Å². The third-order valence-electron chi connectivity index (χ3n) is 5.03. The molecular formula is C20H20FN3O3S2. The number of rotatable bonds is 5. The SMILES string of the molecule is O=C(NCc1nc2ccccc2s1)C1CCN(S(=O)(=O)c2ccc(F)cc2)CC1. The lowest BCUT2D eigenvalue weighted by atomic mass is 9.97. The normalized spacial score (nSPS) is 16.2. The van der Waals surface area contributed by atoms with Crippen molar-refractivity contribution in [2.45, 2.75) is 24.3 Å². The van der Waals surface area contributed by atoms with Crippen LogP contribution >= 0.6 is 11.3 Å². The van der Waals surface area contributed by atoms with E-state index in [0.717, 1.165) is 27.4 Å². The largest absolute Gasteiger partial charge is 0.349 e. The van der Waals surface area contributed by atoms with E-state index in [1.807, 2.05) is 24.3 Å². The van der Waals surface area contributed by atoms with Crippen LogP contribution in [0.2, 0.25) is 0 Å². The Morgan fingerprint density at radius 3 is 2.52 bits per heavy atom. The maximum absolute atomic E-state index is 13.1. The molecule has 2 aromatic carbocycles. The van der Waals surface area contributed by atoms with Crippen molar-refractivity contribution in [3.63, 3.8) is 0 Å². The molecule has 1 aliphatic heterocycles. The summed E-state index contributed by atoms with van der Waals surface area (Å²) in [5.74, 6) is -0.792. The number of nitrogens with one attached hydrogen (secondary N) is 1. The van der Waals surface area contributed by atoms with Crippen LogP contribution in [-0.2, 0) is 21.4 Å². The molecule has 1 amide bonds. The van der Waals surface area contributed by atoms with Gasteiger partial charge in [0.25, 0.3) is 0 Å². The van der Waals surface area contributed by atoms with E-state index in [9.17, 15) is 17.6 Å². The minimum atomic E-state index is -3.67. The number of fused-ring (bicyclic) bond motifs is 1. The van der Waals surface area contributed by atoms with Crippen molar-refractivity contribution in [2.24, 2.45) is 5.92 Å². The zero-order chi connectivity index (χ0) is 20.4. The fourth-order valence-corrected chi connectivity index (χ4v) is 5.79. The van der Waals surface area contributed by atoms with Gasteiger partial charge in [-0.1, -0.05) is 12.1 Å². The molecule has 6 nitrogen and oxygen atoms in total. The first kappa shape index (κ1) is 19.9. The number of sulfonamides is 1. The van der Waals surface area contributed by atoms with E-state index < -0.39 is 15.8 Å². The first-order valence-corrected chi connectivity index (χ1v) is 11.6. The predicted molar refractivity (Wildman–Crippen MR) is 109 cm³/mol. The highest BCUT2D eigenvalue weighted by Crippen LogP contribution is 2.25. The molecule has 3 aromatic rings. The number of amides is 1. The zero-order valence-corrected chi connectivity index (χ0v) is 17.2. The molecule has 1 saturated heterocycles. The molecule has 0 aliphatic carbocycles. The van der Waals surface area contributed by atoms with Crippen molar-refractivity contribution in [1.82, 2.24) is 14.6 Å². The number of hydrogen-bond donors (Lipinski definition) is 1. The van der Waals surface area contributed by atoms with Crippen LogP contribution in [-0.4, -0.2) is 36.7 Å². The standard InChI is InChI=1S/C20H20FN3O3S2/c21-15-5-7-16(8-6-15)29(26,27)24-11-9-14(10-12-24)20(25)22-13-19-23-17-3-1-2-4-18(17)28-19/h1-8,14H,9-13H2,(H,22,25). The smallest absolute Gasteiger partial charge is 0.243 e. The number of halogens is 1. The van der Waals surface area contributed by atoms with Crippen LogP contribution in [0, 0.1) is 11.7 Å². The maximum Gasteiger partial charge on any atom is 0.243 e. The highest BCUT2D eigenvalue weighted by Gasteiger charge is 2.32. The molecule has 1 aliphatic rings. The van der Waals surface area contributed by atoms with E-state index in [1.165, 1.54) is 16.4 Å². The quantitative estimate of drug-likeness (QED) is 0.670. The lowest BCUT2D eigenvalue weighted by Gasteiger charge is -2.30. The molecule has 0 unspecified atom stereocenters. The Balaban J connectivity index is 1.32. The molecule has 0 radical (unpaired) electrons. The van der Waals surface area contributed by atoms with Crippen LogP contribution in [0.5, 0.6) is 0 Å². The minimum absolute atomic E-state index is 0.0673. The third kappa shape index (κ3) is 4.31. The lowest BCUT2D eigenvalue weighted by molar-refractivity contribution is -0.126. The van der Waals surface area contributed by atoms with Gasteiger partial charge in [0.2, 0.25) is 15.9 Å². The lowest BCUT2D eigenvalue weighted by Crippen LogP contribution is -2.42. The van der Waals surface area contributed by atoms with Crippen molar-refractivity contribution in [3.05, 3.63) is 59.4 Å². The minimum Gasteiger partial charge on any atom is -0.349 e. The van der Waals surface area contributed by atoms with Crippen molar-refractivity contribution in [3.8, 4) is 0 Å². The Morgan fingerprint density at radius 2 is 1.83 bits per heavy atom. The fourth-order valence-electron chi connectivity index (χ4n) is 3.42. The number of carbonyl (C=O) groups excluding carboxylic acids is 1. The number of aromatic nitrogens is 1. The van der Waals surface area contributed by atoms with E-state index in [4.69, 9.17) is 0 Å². The summed E-state index contributed by atoms with van der Waals surface area (Å²) < 4.78 is 40.8. The second-order valence-corrected chi connectivity index (χ2v) is 9.98. The molecule has 4 rings (SSSR count). The molecule has 1 aromatic heterocycles. The molecule has 1 fully saturated rings. The van der Waals surface area contributed by atoms with Crippen LogP contribution in [0.3, 0.4) is 0 Å². The van der Waals surface area contributed by atoms with E-state index in [1.54, 1.807) is 11.3 Å². The van der Waals surface area contributed by atoms with Gasteiger partial charge in [-0.05, 0) is 49.2 Å². The van der Waals surface area contributed by atoms with Gasteiger partial charge >= 0.3 is 0 Å². The second-order valence-electron chi connectivity index (χ2n) is 6.93. The van der Waals surface area contributed by atoms with Crippen LogP contribution < -0.4 is 5.32 Å². The number of nitrogens with zero attached hydrogens (tertiary/aromatic N) is 2. The number of para-hydroxylation sites is 1. The summed E-state index contributed by atoms with van der Waals surface area (Å²) in [5.41, 5.74) is 0.918. The molecule has 152 valence electrons. The maximum atomic E-state index is 13.1. The van der Waals surface area contributed by atoms with Crippen LogP contribution in [0.15, 0.2) is 53.4 Å². The Labute approximate surface area is 172 Å². The first-order valence-electron chi connectivity index (χ1n) is 9.31. The van der Waals surface area contributed by atoms with Crippen molar-refractivity contribution < 1.29 is 17.6 Å². The molecule has 2 heterocycles. The molecule has 1 N–H and O–H groups in total. The first-order chi connectivity index (χ1) is 13.9. The zero-order valence-electron chi connectivity index (χ0n) is 15.5. The van der Waals surface area contributed by atoms with Crippen molar-refractivity contribution in [1.29, 1.82) is 0 Å². The third-order valence-corrected chi connectivity index (χ3v) is 7.98. The van der Waals surface area contributed by atoms with Gasteiger partial charge in [-0.25, -0.2) is 17.8 Å². The van der Waals surface area contributed by atoms with Gasteiger partial charge < -0.3 is 5.32 Å². The van der Waals surface area contributed by atoms with Gasteiger partial charge in [0, 0.05) is 19.0 Å². The summed E-state index contributed by atoms with van der Waals surface area (Å²) in [7, 11) is -3.67. The monoisotopic (exact) mass is 433 g/mol. The van der Waals surface area contributed by atoms with Gasteiger partial charge in [0.05, 0.1) is 21.7 Å². The highest BCUT2D eigenvalue weighted by molar-refractivity contribution is 7.89. The summed E-state index contributed by atoms with van der Waals surface area (Å²) in [5, 5.41) is 3.76. The van der Waals surface area contributed by atoms with Gasteiger partial charge in [-0.2, -0.15) is 4.31 Å². The van der Waals surface area contributed by atoms with Gasteiger partial charge in [0.15, 0.2) is 0 Å². The second kappa shape index (κ2) is 8.17. The van der Waals surface area contributed by atoms with E-state index in [-0.39, 0.29) is 29.8 Å². The van der Waals surface area contributed by atoms with E-state index >= 15 is 0 Å². The van der Waals surface area contributed by atoms with Crippen LogP contribution in [0.1, 0.15) is 17.8 Å². The number of hydrogen-bond acceptors (Lipinski definition) is 5. The molecule has 0 spiro atoms. The van der Waals surface area contributed by atoms with Crippen LogP contribution in [0.4, 0.5) is 4.39 Å². The molecular weight excluding hydrogens is 413 g/mol. The Hall–Kier alpha value is -2.36. The van der Waals surface area contributed by atoms with E-state index in [0.29, 0.717) is 19.4 Å². The fraction of sp³-hybridized carbons (Fsp3) is 0.300. The number of piperidine rings is 1. The van der Waals surface area contributed by atoms with Gasteiger partial charge in [-0.15, -0.1) is 11.3 Å². The van der Waals surface area contributed by atoms with Crippen LogP contribution in [0.25, 0.3) is 10.2 Å².